The van der Waals surface area contributed by atoms with Gasteiger partial charge in [0.05, 0.1) is 0 Å². The lowest BCUT2D eigenvalue weighted by Crippen LogP contribution is -2.29. The summed E-state index contributed by atoms with van der Waals surface area (Å²) in [5.41, 5.74) is 6.72. The summed E-state index contributed by atoms with van der Waals surface area (Å²) in [7, 11) is -7.47. The lowest BCUT2D eigenvalue weighted by Gasteiger charge is -2.07. The van der Waals surface area contributed by atoms with Crippen LogP contribution in [0.3, 0.4) is 0 Å². The molecule has 0 aliphatic rings. The SMILES string of the molecule is CS(=O)(=O)CS(=O)(=O)NCc1cccc(C(N)=S)c1. The Morgan fingerprint density at radius 1 is 1.32 bits per heavy atom. The zero-order valence-corrected chi connectivity index (χ0v) is 12.6. The fourth-order valence-corrected chi connectivity index (χ4v) is 4.45. The summed E-state index contributed by atoms with van der Waals surface area (Å²) in [6.45, 7) is -0.0195. The van der Waals surface area contributed by atoms with Crippen LogP contribution in [0.5, 0.6) is 0 Å². The second-order valence-corrected chi connectivity index (χ2v) is 8.80. The van der Waals surface area contributed by atoms with E-state index in [4.69, 9.17) is 18.0 Å². The Morgan fingerprint density at radius 2 is 1.95 bits per heavy atom. The lowest BCUT2D eigenvalue weighted by atomic mass is 10.1. The third kappa shape index (κ3) is 6.10. The smallest absolute Gasteiger partial charge is 0.226 e. The minimum absolute atomic E-state index is 0.0195. The van der Waals surface area contributed by atoms with Gasteiger partial charge < -0.3 is 5.73 Å². The number of nitrogens with two attached hydrogens (primary N) is 1. The van der Waals surface area contributed by atoms with E-state index in [0.717, 1.165) is 6.26 Å². The highest BCUT2D eigenvalue weighted by Gasteiger charge is 2.17. The first-order valence-electron chi connectivity index (χ1n) is 5.13. The molecule has 0 aliphatic heterocycles. The van der Waals surface area contributed by atoms with Gasteiger partial charge in [-0.1, -0.05) is 30.4 Å². The van der Waals surface area contributed by atoms with Crippen molar-refractivity contribution in [3.63, 3.8) is 0 Å². The van der Waals surface area contributed by atoms with Gasteiger partial charge in [-0.3, -0.25) is 0 Å². The van der Waals surface area contributed by atoms with Crippen LogP contribution in [0, 0.1) is 0 Å². The first-order valence-corrected chi connectivity index (χ1v) is 9.25. The summed E-state index contributed by atoms with van der Waals surface area (Å²) >= 11 is 4.81. The van der Waals surface area contributed by atoms with Crippen molar-refractivity contribution in [2.24, 2.45) is 5.73 Å². The lowest BCUT2D eigenvalue weighted by molar-refractivity contribution is 0.580. The molecule has 0 amide bonds. The van der Waals surface area contributed by atoms with E-state index in [-0.39, 0.29) is 11.5 Å². The molecule has 1 aromatic rings. The molecule has 0 bridgehead atoms. The molecule has 0 fully saturated rings. The Labute approximate surface area is 118 Å². The van der Waals surface area contributed by atoms with Gasteiger partial charge >= 0.3 is 0 Å². The van der Waals surface area contributed by atoms with E-state index in [1.54, 1.807) is 24.3 Å². The van der Waals surface area contributed by atoms with E-state index in [1.165, 1.54) is 0 Å². The summed E-state index contributed by atoms with van der Waals surface area (Å²) in [5.74, 6) is 0. The molecule has 0 saturated heterocycles. The van der Waals surface area contributed by atoms with Crippen LogP contribution in [0.4, 0.5) is 0 Å². The molecule has 6 nitrogen and oxygen atoms in total. The molecule has 1 rings (SSSR count). The highest BCUT2D eigenvalue weighted by atomic mass is 32.3. The van der Waals surface area contributed by atoms with Crippen LogP contribution in [0.1, 0.15) is 11.1 Å². The standard InChI is InChI=1S/C10H14N2O4S3/c1-18(13,14)7-19(15,16)12-6-8-3-2-4-9(5-8)10(11)17/h2-5,12H,6-7H2,1H3,(H2,11,17). The summed E-state index contributed by atoms with van der Waals surface area (Å²) in [6, 6.07) is 6.72. The summed E-state index contributed by atoms with van der Waals surface area (Å²) in [5, 5.41) is -0.936. The zero-order chi connectivity index (χ0) is 14.7. The maximum atomic E-state index is 11.5. The monoisotopic (exact) mass is 322 g/mol. The second kappa shape index (κ2) is 5.95. The fraction of sp³-hybridized carbons (Fsp3) is 0.300. The number of rotatable bonds is 6. The Kier molecular flexibility index (Phi) is 5.02. The van der Waals surface area contributed by atoms with E-state index in [2.05, 4.69) is 4.72 Å². The average Bonchev–Trinajstić information content (AvgIpc) is 2.24. The number of thiocarbonyl (C=S) groups is 1. The number of hydrogen-bond acceptors (Lipinski definition) is 5. The van der Waals surface area contributed by atoms with Crippen molar-refractivity contribution in [3.05, 3.63) is 35.4 Å². The number of sulfonamides is 1. The summed E-state index contributed by atoms with van der Waals surface area (Å²) in [4.78, 5) is 0.209. The van der Waals surface area contributed by atoms with Gasteiger partial charge in [0.15, 0.2) is 14.9 Å². The van der Waals surface area contributed by atoms with Gasteiger partial charge in [-0.25, -0.2) is 21.6 Å². The minimum atomic E-state index is -3.87. The maximum Gasteiger partial charge on any atom is 0.226 e. The maximum absolute atomic E-state index is 11.5. The van der Waals surface area contributed by atoms with Gasteiger partial charge in [-0.2, -0.15) is 0 Å². The molecule has 0 spiro atoms. The van der Waals surface area contributed by atoms with Crippen molar-refractivity contribution in [2.75, 3.05) is 11.3 Å². The molecule has 0 heterocycles. The molecule has 0 radical (unpaired) electrons. The highest BCUT2D eigenvalue weighted by Crippen LogP contribution is 2.06. The van der Waals surface area contributed by atoms with Crippen LogP contribution in [0.15, 0.2) is 24.3 Å². The van der Waals surface area contributed by atoms with Gasteiger partial charge in [0.25, 0.3) is 0 Å². The predicted octanol–water partition coefficient (Wildman–Crippen LogP) is -0.258. The molecular formula is C10H14N2O4S3. The molecule has 3 N–H and O–H groups in total. The first kappa shape index (κ1) is 16.0. The molecule has 1 aromatic carbocycles. The Hall–Kier alpha value is -1.03. The first-order chi connectivity index (χ1) is 8.59. The molecule has 19 heavy (non-hydrogen) atoms. The topological polar surface area (TPSA) is 106 Å². The van der Waals surface area contributed by atoms with Crippen molar-refractivity contribution in [1.29, 1.82) is 0 Å². The third-order valence-corrected chi connectivity index (χ3v) is 5.85. The zero-order valence-electron chi connectivity index (χ0n) is 10.2. The van der Waals surface area contributed by atoms with E-state index in [1.807, 2.05) is 0 Å². The Morgan fingerprint density at radius 3 is 2.47 bits per heavy atom. The third-order valence-electron chi connectivity index (χ3n) is 2.08. The van der Waals surface area contributed by atoms with Crippen molar-refractivity contribution in [1.82, 2.24) is 4.72 Å². The number of benzene rings is 1. The fourth-order valence-electron chi connectivity index (χ4n) is 1.35. The van der Waals surface area contributed by atoms with Gasteiger partial charge in [0.1, 0.15) is 4.99 Å². The number of nitrogens with one attached hydrogen (secondary N) is 1. The predicted molar refractivity (Wildman–Crippen MR) is 77.8 cm³/mol. The van der Waals surface area contributed by atoms with Crippen molar-refractivity contribution in [3.8, 4) is 0 Å². The largest absolute Gasteiger partial charge is 0.389 e. The summed E-state index contributed by atoms with van der Waals surface area (Å²) < 4.78 is 47.1. The molecular weight excluding hydrogens is 308 g/mol. The molecule has 106 valence electrons. The summed E-state index contributed by atoms with van der Waals surface area (Å²) in [6.07, 6.45) is 0.861. The molecule has 0 aromatic heterocycles. The van der Waals surface area contributed by atoms with Crippen LogP contribution in [0.25, 0.3) is 0 Å². The number of sulfone groups is 1. The van der Waals surface area contributed by atoms with Crippen LogP contribution in [-0.4, -0.2) is 33.2 Å². The van der Waals surface area contributed by atoms with E-state index < -0.39 is 24.9 Å². The van der Waals surface area contributed by atoms with Gasteiger partial charge in [0.2, 0.25) is 10.0 Å². The van der Waals surface area contributed by atoms with Crippen molar-refractivity contribution >= 4 is 37.1 Å². The van der Waals surface area contributed by atoms with Crippen LogP contribution in [0.2, 0.25) is 0 Å². The minimum Gasteiger partial charge on any atom is -0.389 e. The highest BCUT2D eigenvalue weighted by molar-refractivity contribution is 8.06. The van der Waals surface area contributed by atoms with E-state index in [9.17, 15) is 16.8 Å². The van der Waals surface area contributed by atoms with E-state index >= 15 is 0 Å². The average molecular weight is 322 g/mol. The number of hydrogen-bond donors (Lipinski definition) is 2. The van der Waals surface area contributed by atoms with Crippen LogP contribution < -0.4 is 10.5 Å². The van der Waals surface area contributed by atoms with E-state index in [0.29, 0.717) is 11.1 Å². The van der Waals surface area contributed by atoms with Crippen molar-refractivity contribution < 1.29 is 16.8 Å². The molecule has 0 atom stereocenters. The molecule has 0 aliphatic carbocycles. The molecule has 0 unspecified atom stereocenters. The Bertz CT molecular complexity index is 680. The molecule has 0 saturated carbocycles. The van der Waals surface area contributed by atoms with Gasteiger partial charge in [0, 0.05) is 18.4 Å². The van der Waals surface area contributed by atoms with Crippen LogP contribution in [-0.2, 0) is 26.4 Å². The quantitative estimate of drug-likeness (QED) is 0.699. The normalized spacial score (nSPS) is 12.3. The second-order valence-electron chi connectivity index (χ2n) is 4.04. The van der Waals surface area contributed by atoms with Gasteiger partial charge in [-0.15, -0.1) is 0 Å². The van der Waals surface area contributed by atoms with Crippen molar-refractivity contribution in [2.45, 2.75) is 6.54 Å². The molecule has 9 heteroatoms. The Balaban J connectivity index is 2.77. The van der Waals surface area contributed by atoms with Gasteiger partial charge in [-0.05, 0) is 11.6 Å². The van der Waals surface area contributed by atoms with Crippen LogP contribution >= 0.6 is 12.2 Å².